The Labute approximate surface area is 252 Å². The molecule has 3 aromatic carbocycles. The van der Waals surface area contributed by atoms with Crippen molar-refractivity contribution < 1.29 is 14.7 Å². The fourth-order valence-corrected chi connectivity index (χ4v) is 6.60. The molecule has 3 aromatic rings. The van der Waals surface area contributed by atoms with Crippen LogP contribution in [0.15, 0.2) is 72.8 Å². The third-order valence-electron chi connectivity index (χ3n) is 8.48. The summed E-state index contributed by atoms with van der Waals surface area (Å²) in [5, 5.41) is 10.7. The standard InChI is InChI=1S/C33H37Cl2N3O3/c34-28-14-9-23(18-29(28)35)10-15-32(40)30(19-24-7-12-27(39)13-8-24)37-17-16-26(11-6-22-4-2-1-3-5-22)38-21-25(36)20-31(38)33(37)41/h1-5,7-9,12-14,18,25-26,30-31,39H,6,10-11,15-17,19-21,36H2/t25-,26?,30-,31+/m1/s1. The average Bonchev–Trinajstić information content (AvgIpc) is 3.31. The molecule has 0 saturated carbocycles. The van der Waals surface area contributed by atoms with E-state index in [-0.39, 0.29) is 42.0 Å². The van der Waals surface area contributed by atoms with Crippen LogP contribution in [-0.4, -0.2) is 63.9 Å². The van der Waals surface area contributed by atoms with Crippen LogP contribution in [0, 0.1) is 0 Å². The minimum Gasteiger partial charge on any atom is -0.508 e. The molecule has 5 rings (SSSR count). The lowest BCUT2D eigenvalue weighted by Crippen LogP contribution is -2.51. The van der Waals surface area contributed by atoms with E-state index in [0.717, 1.165) is 30.4 Å². The van der Waals surface area contributed by atoms with Crippen molar-refractivity contribution in [3.63, 3.8) is 0 Å². The first-order chi connectivity index (χ1) is 19.8. The van der Waals surface area contributed by atoms with Gasteiger partial charge in [-0.15, -0.1) is 0 Å². The summed E-state index contributed by atoms with van der Waals surface area (Å²) in [6, 6.07) is 21.9. The molecule has 2 aliphatic rings. The van der Waals surface area contributed by atoms with Crippen molar-refractivity contribution in [2.24, 2.45) is 5.73 Å². The molecule has 2 heterocycles. The summed E-state index contributed by atoms with van der Waals surface area (Å²) < 4.78 is 0. The number of rotatable bonds is 10. The predicted molar refractivity (Wildman–Crippen MR) is 163 cm³/mol. The topological polar surface area (TPSA) is 86.9 Å². The molecule has 0 aromatic heterocycles. The van der Waals surface area contributed by atoms with Crippen LogP contribution in [0.5, 0.6) is 5.75 Å². The van der Waals surface area contributed by atoms with E-state index in [0.29, 0.717) is 42.4 Å². The van der Waals surface area contributed by atoms with Crippen molar-refractivity contribution >= 4 is 34.9 Å². The molecule has 41 heavy (non-hydrogen) atoms. The SMILES string of the molecule is N[C@@H]1C[C@H]2C(=O)N([C@H](Cc3ccc(O)cc3)C(=O)CCc3ccc(Cl)c(Cl)c3)CCC(CCc3ccccc3)N2C1. The minimum atomic E-state index is -0.610. The van der Waals surface area contributed by atoms with Gasteiger partial charge >= 0.3 is 0 Å². The highest BCUT2D eigenvalue weighted by molar-refractivity contribution is 6.42. The number of carbonyl (C=O) groups is 2. The van der Waals surface area contributed by atoms with Gasteiger partial charge in [0.25, 0.3) is 0 Å². The number of nitrogens with two attached hydrogens (primary N) is 1. The van der Waals surface area contributed by atoms with Crippen LogP contribution in [0.4, 0.5) is 0 Å². The molecule has 6 nitrogen and oxygen atoms in total. The highest BCUT2D eigenvalue weighted by atomic mass is 35.5. The summed E-state index contributed by atoms with van der Waals surface area (Å²) in [4.78, 5) is 32.2. The summed E-state index contributed by atoms with van der Waals surface area (Å²) in [6.45, 7) is 1.21. The van der Waals surface area contributed by atoms with Gasteiger partial charge in [0.15, 0.2) is 5.78 Å². The Hall–Kier alpha value is -2.90. The number of ketones is 1. The number of carbonyl (C=O) groups excluding carboxylic acids is 2. The Kier molecular flexibility index (Phi) is 9.66. The van der Waals surface area contributed by atoms with E-state index >= 15 is 0 Å². The van der Waals surface area contributed by atoms with Crippen LogP contribution in [0.2, 0.25) is 10.0 Å². The number of aryl methyl sites for hydroxylation is 2. The Morgan fingerprint density at radius 3 is 2.41 bits per heavy atom. The summed E-state index contributed by atoms with van der Waals surface area (Å²) >= 11 is 12.3. The third-order valence-corrected chi connectivity index (χ3v) is 9.22. The van der Waals surface area contributed by atoms with Gasteiger partial charge in [-0.1, -0.05) is 71.7 Å². The van der Waals surface area contributed by atoms with Crippen LogP contribution < -0.4 is 5.73 Å². The number of halogens is 2. The van der Waals surface area contributed by atoms with Crippen LogP contribution in [-0.2, 0) is 28.9 Å². The van der Waals surface area contributed by atoms with Gasteiger partial charge in [-0.25, -0.2) is 0 Å². The minimum absolute atomic E-state index is 0.00757. The van der Waals surface area contributed by atoms with Gasteiger partial charge in [0.1, 0.15) is 5.75 Å². The van der Waals surface area contributed by atoms with E-state index in [4.69, 9.17) is 28.9 Å². The largest absolute Gasteiger partial charge is 0.508 e. The number of aromatic hydroxyl groups is 1. The van der Waals surface area contributed by atoms with Crippen molar-refractivity contribution in [3.8, 4) is 5.75 Å². The van der Waals surface area contributed by atoms with E-state index in [1.807, 2.05) is 29.2 Å². The van der Waals surface area contributed by atoms with Gasteiger partial charge in [-0.05, 0) is 79.5 Å². The van der Waals surface area contributed by atoms with E-state index in [1.165, 1.54) is 5.56 Å². The Morgan fingerprint density at radius 2 is 1.68 bits per heavy atom. The zero-order valence-corrected chi connectivity index (χ0v) is 24.6. The molecule has 8 heteroatoms. The first kappa shape index (κ1) is 29.6. The normalized spacial score (nSPS) is 21.9. The first-order valence-electron chi connectivity index (χ1n) is 14.4. The van der Waals surface area contributed by atoms with Gasteiger partial charge in [0.05, 0.1) is 22.1 Å². The molecular formula is C33H37Cl2N3O3. The Morgan fingerprint density at radius 1 is 0.951 bits per heavy atom. The third kappa shape index (κ3) is 7.31. The van der Waals surface area contributed by atoms with Gasteiger partial charge in [0, 0.05) is 31.6 Å². The van der Waals surface area contributed by atoms with Crippen molar-refractivity contribution in [2.75, 3.05) is 13.1 Å². The number of phenolic OH excluding ortho intramolecular Hbond substituents is 1. The fourth-order valence-electron chi connectivity index (χ4n) is 6.28. The number of hydrogen-bond donors (Lipinski definition) is 2. The maximum atomic E-state index is 14.1. The number of Topliss-reactive ketones (excluding diaryl/α,β-unsaturated/α-hetero) is 1. The molecule has 2 saturated heterocycles. The number of hydrogen-bond acceptors (Lipinski definition) is 5. The number of phenols is 1. The van der Waals surface area contributed by atoms with Crippen molar-refractivity contribution in [1.29, 1.82) is 0 Å². The molecule has 0 spiro atoms. The quantitative estimate of drug-likeness (QED) is 0.326. The monoisotopic (exact) mass is 593 g/mol. The first-order valence-corrected chi connectivity index (χ1v) is 15.1. The van der Waals surface area contributed by atoms with E-state index in [9.17, 15) is 14.7 Å². The summed E-state index contributed by atoms with van der Waals surface area (Å²) in [6.07, 6.45) is 4.41. The van der Waals surface area contributed by atoms with Gasteiger partial charge in [0.2, 0.25) is 5.91 Å². The van der Waals surface area contributed by atoms with Crippen molar-refractivity contribution in [1.82, 2.24) is 9.80 Å². The molecule has 2 aliphatic heterocycles. The van der Waals surface area contributed by atoms with Crippen LogP contribution in [0.25, 0.3) is 0 Å². The molecule has 1 unspecified atom stereocenters. The maximum Gasteiger partial charge on any atom is 0.240 e. The van der Waals surface area contributed by atoms with Crippen molar-refractivity contribution in [2.45, 2.75) is 69.1 Å². The Balaban J connectivity index is 1.37. The summed E-state index contributed by atoms with van der Waals surface area (Å²) in [7, 11) is 0. The molecule has 0 aliphatic carbocycles. The van der Waals surface area contributed by atoms with Crippen molar-refractivity contribution in [3.05, 3.63) is 99.5 Å². The van der Waals surface area contributed by atoms with E-state index < -0.39 is 6.04 Å². The lowest BCUT2D eigenvalue weighted by atomic mass is 9.95. The second kappa shape index (κ2) is 13.4. The smallest absolute Gasteiger partial charge is 0.240 e. The number of fused-ring (bicyclic) bond motifs is 1. The van der Waals surface area contributed by atoms with Gasteiger partial charge < -0.3 is 15.7 Å². The molecule has 0 radical (unpaired) electrons. The van der Waals surface area contributed by atoms with Crippen LogP contribution in [0.1, 0.15) is 42.4 Å². The molecule has 216 valence electrons. The zero-order chi connectivity index (χ0) is 28.9. The average molecular weight is 595 g/mol. The van der Waals surface area contributed by atoms with Gasteiger partial charge in [-0.3, -0.25) is 14.5 Å². The van der Waals surface area contributed by atoms with E-state index in [2.05, 4.69) is 29.2 Å². The van der Waals surface area contributed by atoms with Gasteiger partial charge in [-0.2, -0.15) is 0 Å². The molecule has 3 N–H and O–H groups in total. The highest BCUT2D eigenvalue weighted by Gasteiger charge is 2.45. The molecule has 2 fully saturated rings. The summed E-state index contributed by atoms with van der Waals surface area (Å²) in [5.74, 6) is 0.167. The molecule has 4 atom stereocenters. The molecule has 1 amide bonds. The number of amides is 1. The zero-order valence-electron chi connectivity index (χ0n) is 23.1. The van der Waals surface area contributed by atoms with Crippen LogP contribution >= 0.6 is 23.2 Å². The molecular weight excluding hydrogens is 557 g/mol. The number of benzene rings is 3. The second-order valence-corrected chi connectivity index (χ2v) is 12.1. The maximum absolute atomic E-state index is 14.1. The lowest BCUT2D eigenvalue weighted by molar-refractivity contribution is -0.142. The molecule has 0 bridgehead atoms. The van der Waals surface area contributed by atoms with E-state index in [1.54, 1.807) is 24.3 Å². The summed E-state index contributed by atoms with van der Waals surface area (Å²) in [5.41, 5.74) is 9.51. The number of nitrogens with zero attached hydrogens (tertiary/aromatic N) is 2. The van der Waals surface area contributed by atoms with Crippen LogP contribution in [0.3, 0.4) is 0 Å². The highest BCUT2D eigenvalue weighted by Crippen LogP contribution is 2.31. The lowest BCUT2D eigenvalue weighted by Gasteiger charge is -2.32. The second-order valence-electron chi connectivity index (χ2n) is 11.3. The fraction of sp³-hybridized carbons (Fsp3) is 0.394. The predicted octanol–water partition coefficient (Wildman–Crippen LogP) is 5.45. The Bertz CT molecular complexity index is 1350.